The number of benzene rings is 2. The van der Waals surface area contributed by atoms with Crippen molar-refractivity contribution in [3.05, 3.63) is 54.1 Å². The van der Waals surface area contributed by atoms with Crippen molar-refractivity contribution in [3.63, 3.8) is 0 Å². The summed E-state index contributed by atoms with van der Waals surface area (Å²) in [5.74, 6) is 1.19. The van der Waals surface area contributed by atoms with Gasteiger partial charge in [0, 0.05) is 18.3 Å². The molecule has 2 atom stereocenters. The summed E-state index contributed by atoms with van der Waals surface area (Å²) in [5.41, 5.74) is 1.68. The standard InChI is InChI=1S/C21H24N2O5S/c1-27-19-9-8-15(10-20(19)28-2)11-22-12-21(24)23(16-6-4-3-5-7-16)18-14-29(25,26)13-17(18)22/h3-10,17-18H,11-14H2,1-2H3/t17-,18+/m1/s1. The fraction of sp³-hybridized carbons (Fsp3) is 0.381. The number of methoxy groups -OCH3 is 2. The zero-order chi connectivity index (χ0) is 20.6. The molecule has 2 heterocycles. The highest BCUT2D eigenvalue weighted by molar-refractivity contribution is 7.91. The van der Waals surface area contributed by atoms with Gasteiger partial charge in [0.2, 0.25) is 5.91 Å². The third-order valence-corrected chi connectivity index (χ3v) is 7.27. The SMILES string of the molecule is COc1ccc(CN2CC(=O)N(c3ccccc3)[C@H]3CS(=O)(=O)C[C@H]32)cc1OC. The van der Waals surface area contributed by atoms with E-state index in [9.17, 15) is 13.2 Å². The Kier molecular flexibility index (Phi) is 5.23. The molecule has 1 amide bonds. The van der Waals surface area contributed by atoms with Crippen LogP contribution in [0.3, 0.4) is 0 Å². The molecule has 2 fully saturated rings. The summed E-state index contributed by atoms with van der Waals surface area (Å²) < 4.78 is 35.6. The van der Waals surface area contributed by atoms with Gasteiger partial charge in [-0.05, 0) is 29.8 Å². The number of hydrogen-bond acceptors (Lipinski definition) is 6. The highest BCUT2D eigenvalue weighted by Gasteiger charge is 2.49. The second-order valence-corrected chi connectivity index (χ2v) is 9.56. The highest BCUT2D eigenvalue weighted by atomic mass is 32.2. The molecule has 7 nitrogen and oxygen atoms in total. The van der Waals surface area contributed by atoms with Crippen LogP contribution in [0.5, 0.6) is 11.5 Å². The van der Waals surface area contributed by atoms with Crippen LogP contribution >= 0.6 is 0 Å². The maximum absolute atomic E-state index is 13.0. The van der Waals surface area contributed by atoms with Crippen molar-refractivity contribution in [2.45, 2.75) is 18.6 Å². The van der Waals surface area contributed by atoms with Gasteiger partial charge >= 0.3 is 0 Å². The monoisotopic (exact) mass is 416 g/mol. The third-order valence-electron chi connectivity index (χ3n) is 5.57. The number of para-hydroxylation sites is 1. The van der Waals surface area contributed by atoms with Crippen LogP contribution < -0.4 is 14.4 Å². The lowest BCUT2D eigenvalue weighted by atomic mass is 10.0. The Morgan fingerprint density at radius 1 is 0.966 bits per heavy atom. The van der Waals surface area contributed by atoms with E-state index in [0.29, 0.717) is 18.0 Å². The number of carbonyl (C=O) groups excluding carboxylic acids is 1. The first-order chi connectivity index (χ1) is 13.9. The predicted octanol–water partition coefficient (Wildman–Crippen LogP) is 1.72. The maximum atomic E-state index is 13.0. The fourth-order valence-corrected chi connectivity index (χ4v) is 6.25. The molecule has 154 valence electrons. The average Bonchev–Trinajstić information content (AvgIpc) is 3.03. The van der Waals surface area contributed by atoms with Gasteiger partial charge in [0.05, 0.1) is 38.3 Å². The molecule has 8 heteroatoms. The van der Waals surface area contributed by atoms with Crippen LogP contribution in [0.15, 0.2) is 48.5 Å². The molecular weight excluding hydrogens is 392 g/mol. The van der Waals surface area contributed by atoms with Crippen molar-refractivity contribution >= 4 is 21.4 Å². The van der Waals surface area contributed by atoms with Crippen LogP contribution in [-0.2, 0) is 21.2 Å². The molecule has 2 aliphatic heterocycles. The summed E-state index contributed by atoms with van der Waals surface area (Å²) in [4.78, 5) is 16.7. The molecule has 0 bridgehead atoms. The highest BCUT2D eigenvalue weighted by Crippen LogP contribution is 2.33. The second-order valence-electron chi connectivity index (χ2n) is 7.41. The van der Waals surface area contributed by atoms with Gasteiger partial charge in [0.25, 0.3) is 0 Å². The Morgan fingerprint density at radius 3 is 2.34 bits per heavy atom. The maximum Gasteiger partial charge on any atom is 0.241 e. The molecule has 29 heavy (non-hydrogen) atoms. The molecule has 0 spiro atoms. The number of ether oxygens (including phenoxy) is 2. The number of amides is 1. The Balaban J connectivity index is 1.64. The van der Waals surface area contributed by atoms with Gasteiger partial charge in [-0.1, -0.05) is 24.3 Å². The smallest absolute Gasteiger partial charge is 0.241 e. The Morgan fingerprint density at radius 2 is 1.66 bits per heavy atom. The average molecular weight is 416 g/mol. The van der Waals surface area contributed by atoms with E-state index in [4.69, 9.17) is 9.47 Å². The Labute approximate surface area is 170 Å². The number of nitrogens with zero attached hydrogens (tertiary/aromatic N) is 2. The summed E-state index contributed by atoms with van der Waals surface area (Å²) in [6.45, 7) is 0.630. The molecule has 2 aliphatic rings. The lowest BCUT2D eigenvalue weighted by Gasteiger charge is -2.43. The topological polar surface area (TPSA) is 76.2 Å². The minimum atomic E-state index is -3.22. The molecule has 2 aromatic rings. The van der Waals surface area contributed by atoms with E-state index in [2.05, 4.69) is 0 Å². The predicted molar refractivity (Wildman–Crippen MR) is 110 cm³/mol. The molecule has 0 N–H and O–H groups in total. The van der Waals surface area contributed by atoms with Gasteiger partial charge in [-0.3, -0.25) is 9.69 Å². The quantitative estimate of drug-likeness (QED) is 0.739. The molecule has 2 saturated heterocycles. The van der Waals surface area contributed by atoms with Gasteiger partial charge in [0.1, 0.15) is 0 Å². The largest absolute Gasteiger partial charge is 0.493 e. The first-order valence-corrected chi connectivity index (χ1v) is 11.3. The molecule has 0 unspecified atom stereocenters. The molecule has 0 aliphatic carbocycles. The number of sulfone groups is 1. The third kappa shape index (κ3) is 3.82. The van der Waals surface area contributed by atoms with Gasteiger partial charge in [-0.2, -0.15) is 0 Å². The van der Waals surface area contributed by atoms with Crippen molar-refractivity contribution in [2.75, 3.05) is 37.2 Å². The number of anilines is 1. The van der Waals surface area contributed by atoms with Crippen LogP contribution in [0.25, 0.3) is 0 Å². The van der Waals surface area contributed by atoms with Crippen LogP contribution in [0, 0.1) is 0 Å². The first kappa shape index (κ1) is 19.7. The number of rotatable bonds is 5. The number of carbonyl (C=O) groups is 1. The van der Waals surface area contributed by atoms with E-state index in [1.807, 2.05) is 53.4 Å². The number of piperazine rings is 1. The van der Waals surface area contributed by atoms with Crippen LogP contribution in [0.2, 0.25) is 0 Å². The molecule has 0 radical (unpaired) electrons. The van der Waals surface area contributed by atoms with Gasteiger partial charge in [-0.15, -0.1) is 0 Å². The molecular formula is C21H24N2O5S. The van der Waals surface area contributed by atoms with Gasteiger partial charge < -0.3 is 14.4 Å². The van der Waals surface area contributed by atoms with Crippen LogP contribution in [0.4, 0.5) is 5.69 Å². The minimum absolute atomic E-state index is 0.0132. The first-order valence-electron chi connectivity index (χ1n) is 9.44. The van der Waals surface area contributed by atoms with Crippen LogP contribution in [0.1, 0.15) is 5.56 Å². The van der Waals surface area contributed by atoms with Crippen molar-refractivity contribution in [1.82, 2.24) is 4.90 Å². The summed E-state index contributed by atoms with van der Waals surface area (Å²) in [7, 11) is -0.0730. The Bertz CT molecular complexity index is 1010. The van der Waals surface area contributed by atoms with Gasteiger partial charge in [0.15, 0.2) is 21.3 Å². The summed E-state index contributed by atoms with van der Waals surface area (Å²) >= 11 is 0. The summed E-state index contributed by atoms with van der Waals surface area (Å²) in [5, 5.41) is 0. The molecule has 4 rings (SSSR count). The Hall–Kier alpha value is -2.58. The summed E-state index contributed by atoms with van der Waals surface area (Å²) in [6, 6.07) is 14.3. The number of fused-ring (bicyclic) bond motifs is 1. The number of hydrogen-bond donors (Lipinski definition) is 0. The lowest BCUT2D eigenvalue weighted by molar-refractivity contribution is -0.123. The van der Waals surface area contributed by atoms with E-state index in [1.54, 1.807) is 19.1 Å². The normalized spacial score (nSPS) is 23.7. The lowest BCUT2D eigenvalue weighted by Crippen LogP contribution is -2.61. The molecule has 2 aromatic carbocycles. The van der Waals surface area contributed by atoms with Crippen molar-refractivity contribution < 1.29 is 22.7 Å². The van der Waals surface area contributed by atoms with E-state index < -0.39 is 9.84 Å². The van der Waals surface area contributed by atoms with Crippen molar-refractivity contribution in [2.24, 2.45) is 0 Å². The molecule has 0 aromatic heterocycles. The minimum Gasteiger partial charge on any atom is -0.493 e. The van der Waals surface area contributed by atoms with E-state index in [-0.39, 0.29) is 36.0 Å². The van der Waals surface area contributed by atoms with Gasteiger partial charge in [-0.25, -0.2) is 8.42 Å². The summed E-state index contributed by atoms with van der Waals surface area (Å²) in [6.07, 6.45) is 0. The van der Waals surface area contributed by atoms with Crippen molar-refractivity contribution in [1.29, 1.82) is 0 Å². The fourth-order valence-electron chi connectivity index (χ4n) is 4.27. The zero-order valence-electron chi connectivity index (χ0n) is 16.4. The zero-order valence-corrected chi connectivity index (χ0v) is 17.3. The van der Waals surface area contributed by atoms with Crippen LogP contribution in [-0.4, -0.2) is 63.6 Å². The van der Waals surface area contributed by atoms with E-state index in [1.165, 1.54) is 0 Å². The van der Waals surface area contributed by atoms with Crippen molar-refractivity contribution in [3.8, 4) is 11.5 Å². The second kappa shape index (κ2) is 7.68. The van der Waals surface area contributed by atoms with E-state index in [0.717, 1.165) is 11.3 Å². The van der Waals surface area contributed by atoms with E-state index >= 15 is 0 Å². The molecule has 0 saturated carbocycles.